The first-order valence-electron chi connectivity index (χ1n) is 11.8. The molecule has 0 saturated heterocycles. The molecular formula is C28H27ClN4O3S. The van der Waals surface area contributed by atoms with Crippen molar-refractivity contribution in [3.05, 3.63) is 81.0 Å². The SMILES string of the molecule is CC(=O)Nc1ccc(NC(=O)CSC2=C(C#N)C(c3ccc(Cl)cc3)C3=C(CC(C)(C)CC3=O)N2)cc1. The number of carbonyl (C=O) groups excluding carboxylic acids is 3. The van der Waals surface area contributed by atoms with E-state index < -0.39 is 5.92 Å². The van der Waals surface area contributed by atoms with Gasteiger partial charge in [0.2, 0.25) is 11.8 Å². The number of benzene rings is 2. The standard InChI is InChI=1S/C28H27ClN4O3S/c1-16(34)31-19-8-10-20(11-9-19)32-24(36)15-37-27-21(14-30)25(17-4-6-18(29)7-5-17)26-22(33-27)12-28(2,3)13-23(26)35/h4-11,25,33H,12-13,15H2,1-3H3,(H,31,34)(H,32,36). The molecule has 4 rings (SSSR count). The van der Waals surface area contributed by atoms with Crippen LogP contribution in [-0.4, -0.2) is 23.4 Å². The van der Waals surface area contributed by atoms with Gasteiger partial charge in [0.1, 0.15) is 0 Å². The molecule has 9 heteroatoms. The van der Waals surface area contributed by atoms with Crippen LogP contribution in [-0.2, 0) is 14.4 Å². The second-order valence-electron chi connectivity index (χ2n) is 9.89. The maximum atomic E-state index is 13.3. The molecule has 0 bridgehead atoms. The van der Waals surface area contributed by atoms with Crippen LogP contribution in [0.4, 0.5) is 11.4 Å². The number of ketones is 1. The summed E-state index contributed by atoms with van der Waals surface area (Å²) in [7, 11) is 0. The van der Waals surface area contributed by atoms with Gasteiger partial charge in [-0.15, -0.1) is 0 Å². The lowest BCUT2D eigenvalue weighted by molar-refractivity contribution is -0.118. The number of hydrogen-bond donors (Lipinski definition) is 3. The molecular weight excluding hydrogens is 508 g/mol. The van der Waals surface area contributed by atoms with E-state index in [2.05, 4.69) is 35.9 Å². The minimum Gasteiger partial charge on any atom is -0.352 e. The lowest BCUT2D eigenvalue weighted by atomic mass is 9.69. The molecule has 3 N–H and O–H groups in total. The van der Waals surface area contributed by atoms with E-state index in [4.69, 9.17) is 11.6 Å². The van der Waals surface area contributed by atoms with Crippen molar-refractivity contribution >= 4 is 52.3 Å². The normalized spacial score (nSPS) is 18.5. The topological polar surface area (TPSA) is 111 Å². The molecule has 37 heavy (non-hydrogen) atoms. The van der Waals surface area contributed by atoms with Crippen molar-refractivity contribution in [3.8, 4) is 6.07 Å². The quantitative estimate of drug-likeness (QED) is 0.436. The van der Waals surface area contributed by atoms with Crippen molar-refractivity contribution in [1.82, 2.24) is 5.32 Å². The van der Waals surface area contributed by atoms with Gasteiger partial charge in [0, 0.05) is 41.0 Å². The Hall–Kier alpha value is -3.54. The Morgan fingerprint density at radius 2 is 1.70 bits per heavy atom. The molecule has 0 fully saturated rings. The number of hydrogen-bond acceptors (Lipinski definition) is 6. The van der Waals surface area contributed by atoms with Gasteiger partial charge in [0.25, 0.3) is 0 Å². The molecule has 2 amide bonds. The van der Waals surface area contributed by atoms with Crippen LogP contribution in [0.5, 0.6) is 0 Å². The van der Waals surface area contributed by atoms with Gasteiger partial charge >= 0.3 is 0 Å². The molecule has 1 aliphatic carbocycles. The molecule has 0 saturated carbocycles. The fraction of sp³-hybridized carbons (Fsp3) is 0.286. The summed E-state index contributed by atoms with van der Waals surface area (Å²) in [6.07, 6.45) is 1.07. The first-order valence-corrected chi connectivity index (χ1v) is 13.2. The summed E-state index contributed by atoms with van der Waals surface area (Å²) in [4.78, 5) is 37.2. The smallest absolute Gasteiger partial charge is 0.234 e. The fourth-order valence-electron chi connectivity index (χ4n) is 4.65. The van der Waals surface area contributed by atoms with Crippen molar-refractivity contribution in [2.24, 2.45) is 5.41 Å². The van der Waals surface area contributed by atoms with Gasteiger partial charge in [-0.3, -0.25) is 14.4 Å². The first-order chi connectivity index (χ1) is 17.6. The van der Waals surface area contributed by atoms with Crippen LogP contribution < -0.4 is 16.0 Å². The Kier molecular flexibility index (Phi) is 7.76. The zero-order valence-electron chi connectivity index (χ0n) is 20.8. The molecule has 2 aromatic carbocycles. The average Bonchev–Trinajstić information content (AvgIpc) is 2.82. The third kappa shape index (κ3) is 6.24. The van der Waals surface area contributed by atoms with Gasteiger partial charge in [-0.05, 0) is 53.8 Å². The second kappa shape index (κ2) is 10.8. The van der Waals surface area contributed by atoms with Gasteiger partial charge in [0.15, 0.2) is 5.78 Å². The number of anilines is 2. The lowest BCUT2D eigenvalue weighted by Gasteiger charge is -2.39. The van der Waals surface area contributed by atoms with Gasteiger partial charge < -0.3 is 16.0 Å². The molecule has 2 aromatic rings. The summed E-state index contributed by atoms with van der Waals surface area (Å²) in [6.45, 7) is 5.53. The highest BCUT2D eigenvalue weighted by molar-refractivity contribution is 8.03. The van der Waals surface area contributed by atoms with Crippen LogP contribution in [0.3, 0.4) is 0 Å². The lowest BCUT2D eigenvalue weighted by Crippen LogP contribution is -2.37. The monoisotopic (exact) mass is 534 g/mol. The van der Waals surface area contributed by atoms with Gasteiger partial charge in [-0.1, -0.05) is 49.3 Å². The fourth-order valence-corrected chi connectivity index (χ4v) is 5.64. The van der Waals surface area contributed by atoms with Crippen molar-refractivity contribution in [2.45, 2.75) is 39.5 Å². The van der Waals surface area contributed by atoms with E-state index in [0.29, 0.717) is 45.4 Å². The molecule has 1 unspecified atom stereocenters. The Bertz CT molecular complexity index is 1360. The number of nitrogens with zero attached hydrogens (tertiary/aromatic N) is 1. The Labute approximate surface area is 225 Å². The number of Topliss-reactive ketones (excluding diaryl/α,β-unsaturated/α-hetero) is 1. The Balaban J connectivity index is 1.57. The van der Waals surface area contributed by atoms with E-state index in [1.165, 1.54) is 18.7 Å². The third-order valence-corrected chi connectivity index (χ3v) is 7.44. The van der Waals surface area contributed by atoms with Crippen LogP contribution in [0, 0.1) is 16.7 Å². The minimum absolute atomic E-state index is 0.0240. The number of rotatable bonds is 6. The van der Waals surface area contributed by atoms with Crippen LogP contribution in [0.2, 0.25) is 5.02 Å². The molecule has 1 aliphatic heterocycles. The van der Waals surface area contributed by atoms with E-state index in [1.807, 2.05) is 12.1 Å². The van der Waals surface area contributed by atoms with Crippen LogP contribution >= 0.6 is 23.4 Å². The number of amides is 2. The van der Waals surface area contributed by atoms with E-state index in [-0.39, 0.29) is 28.8 Å². The molecule has 0 radical (unpaired) electrons. The summed E-state index contributed by atoms with van der Waals surface area (Å²) in [6, 6.07) is 16.3. The average molecular weight is 535 g/mol. The predicted octanol–water partition coefficient (Wildman–Crippen LogP) is 5.74. The van der Waals surface area contributed by atoms with Crippen LogP contribution in [0.15, 0.2) is 70.4 Å². The van der Waals surface area contributed by atoms with Gasteiger partial charge in [-0.2, -0.15) is 5.26 Å². The third-order valence-electron chi connectivity index (χ3n) is 6.17. The number of halogens is 1. The summed E-state index contributed by atoms with van der Waals surface area (Å²) in [5.41, 5.74) is 3.65. The molecule has 0 spiro atoms. The van der Waals surface area contributed by atoms with E-state index in [1.54, 1.807) is 36.4 Å². The molecule has 190 valence electrons. The molecule has 0 aromatic heterocycles. The predicted molar refractivity (Wildman–Crippen MR) is 147 cm³/mol. The van der Waals surface area contributed by atoms with Gasteiger partial charge in [0.05, 0.1) is 28.3 Å². The summed E-state index contributed by atoms with van der Waals surface area (Å²) in [5.74, 6) is -0.849. The van der Waals surface area contributed by atoms with Crippen molar-refractivity contribution < 1.29 is 14.4 Å². The first kappa shape index (κ1) is 26.5. The molecule has 2 aliphatic rings. The van der Waals surface area contributed by atoms with Gasteiger partial charge in [-0.25, -0.2) is 0 Å². The summed E-state index contributed by atoms with van der Waals surface area (Å²) < 4.78 is 0. The number of carbonyl (C=O) groups is 3. The highest BCUT2D eigenvalue weighted by atomic mass is 35.5. The maximum Gasteiger partial charge on any atom is 0.234 e. The van der Waals surface area contributed by atoms with E-state index >= 15 is 0 Å². The second-order valence-corrected chi connectivity index (χ2v) is 11.3. The van der Waals surface area contributed by atoms with Crippen LogP contribution in [0.25, 0.3) is 0 Å². The Morgan fingerprint density at radius 1 is 1.08 bits per heavy atom. The number of nitrogens with one attached hydrogen (secondary N) is 3. The number of allylic oxidation sites excluding steroid dienone is 3. The highest BCUT2D eigenvalue weighted by Gasteiger charge is 2.41. The maximum absolute atomic E-state index is 13.3. The number of thioether (sulfide) groups is 1. The zero-order valence-corrected chi connectivity index (χ0v) is 22.3. The van der Waals surface area contributed by atoms with Crippen molar-refractivity contribution in [1.29, 1.82) is 5.26 Å². The van der Waals surface area contributed by atoms with Crippen molar-refractivity contribution in [3.63, 3.8) is 0 Å². The largest absolute Gasteiger partial charge is 0.352 e. The number of dihydropyridines is 1. The highest BCUT2D eigenvalue weighted by Crippen LogP contribution is 2.47. The zero-order chi connectivity index (χ0) is 26.7. The van der Waals surface area contributed by atoms with Crippen molar-refractivity contribution in [2.75, 3.05) is 16.4 Å². The molecule has 1 heterocycles. The van der Waals surface area contributed by atoms with Crippen LogP contribution in [0.1, 0.15) is 45.1 Å². The minimum atomic E-state index is -0.519. The number of nitriles is 1. The molecule has 7 nitrogen and oxygen atoms in total. The molecule has 1 atom stereocenters. The summed E-state index contributed by atoms with van der Waals surface area (Å²) >= 11 is 7.33. The van der Waals surface area contributed by atoms with E-state index in [9.17, 15) is 19.6 Å². The Morgan fingerprint density at radius 3 is 2.30 bits per heavy atom. The van der Waals surface area contributed by atoms with E-state index in [0.717, 1.165) is 11.3 Å². The summed E-state index contributed by atoms with van der Waals surface area (Å²) in [5, 5.41) is 20.2.